The predicted octanol–water partition coefficient (Wildman–Crippen LogP) is 0.767. The van der Waals surface area contributed by atoms with Crippen molar-refractivity contribution in [2.45, 2.75) is 0 Å². The van der Waals surface area contributed by atoms with Gasteiger partial charge in [-0.2, -0.15) is 0 Å². The molecule has 10 heavy (non-hydrogen) atoms. The first-order valence-electron chi connectivity index (χ1n) is 2.70. The molecule has 1 rings (SSSR count). The molecule has 0 aliphatic carbocycles. The zero-order valence-electron chi connectivity index (χ0n) is 5.16. The second-order valence-corrected chi connectivity index (χ2v) is 1.82. The van der Waals surface area contributed by atoms with Crippen molar-refractivity contribution >= 4 is 11.7 Å². The van der Waals surface area contributed by atoms with Crippen molar-refractivity contribution in [1.29, 1.82) is 0 Å². The van der Waals surface area contributed by atoms with E-state index in [1.807, 2.05) is 0 Å². The number of hydrogen-bond donors (Lipinski definition) is 2. The Bertz CT molecular complexity index is 258. The van der Waals surface area contributed by atoms with Gasteiger partial charge in [-0.15, -0.1) is 0 Å². The number of anilines is 1. The Labute approximate surface area is 58.1 Å². The summed E-state index contributed by atoms with van der Waals surface area (Å²) in [5, 5.41) is 8.47. The Hall–Kier alpha value is -1.51. The van der Waals surface area contributed by atoms with Crippen LogP contribution in [0.2, 0.25) is 0 Å². The van der Waals surface area contributed by atoms with Crippen molar-refractivity contribution in [2.75, 3.05) is 5.73 Å². The minimum Gasteiger partial charge on any atom is -0.478 e. The lowest BCUT2D eigenvalue weighted by Crippen LogP contribution is -2.00. The fourth-order valence-electron chi connectivity index (χ4n) is 0.628. The Kier molecular flexibility index (Phi) is 1.58. The van der Waals surface area contributed by atoms with E-state index in [4.69, 9.17) is 10.8 Å². The first-order valence-corrected chi connectivity index (χ1v) is 2.70. The molecule has 0 heterocycles. The summed E-state index contributed by atoms with van der Waals surface area (Å²) in [4.78, 5) is 10.3. The van der Waals surface area contributed by atoms with Gasteiger partial charge in [0.2, 0.25) is 0 Å². The van der Waals surface area contributed by atoms with Crippen LogP contribution in [0.1, 0.15) is 10.4 Å². The average Bonchev–Trinajstić information content (AvgIpc) is 1.88. The minimum atomic E-state index is -1.02. The molecule has 0 aromatic heterocycles. The standard InChI is InChI=1S/C7H6NO2/c8-6-4-2-1-3-5(6)7(9)10/h2-4H,8H2,(H,9,10). The number of benzene rings is 1. The van der Waals surface area contributed by atoms with Crippen LogP contribution in [0.4, 0.5) is 5.69 Å². The van der Waals surface area contributed by atoms with Gasteiger partial charge in [-0.1, -0.05) is 6.07 Å². The van der Waals surface area contributed by atoms with Gasteiger partial charge in [0.25, 0.3) is 0 Å². The van der Waals surface area contributed by atoms with Crippen molar-refractivity contribution in [3.8, 4) is 0 Å². The van der Waals surface area contributed by atoms with Crippen LogP contribution in [-0.2, 0) is 0 Å². The summed E-state index contributed by atoms with van der Waals surface area (Å²) in [5.41, 5.74) is 5.69. The summed E-state index contributed by atoms with van der Waals surface area (Å²) < 4.78 is 0. The third-order valence-electron chi connectivity index (χ3n) is 1.13. The summed E-state index contributed by atoms with van der Waals surface area (Å²) in [7, 11) is 0. The lowest BCUT2D eigenvalue weighted by atomic mass is 10.2. The Morgan fingerprint density at radius 2 is 2.40 bits per heavy atom. The Morgan fingerprint density at radius 1 is 1.70 bits per heavy atom. The van der Waals surface area contributed by atoms with Crippen LogP contribution >= 0.6 is 0 Å². The average molecular weight is 136 g/mol. The topological polar surface area (TPSA) is 63.3 Å². The van der Waals surface area contributed by atoms with Crippen molar-refractivity contribution < 1.29 is 9.90 Å². The molecule has 1 radical (unpaired) electrons. The highest BCUT2D eigenvalue weighted by Gasteiger charge is 2.04. The molecule has 0 spiro atoms. The van der Waals surface area contributed by atoms with E-state index < -0.39 is 5.97 Å². The maximum atomic E-state index is 10.3. The molecular formula is C7H6NO2. The first kappa shape index (κ1) is 6.61. The molecule has 0 aliphatic heterocycles. The molecule has 0 amide bonds. The van der Waals surface area contributed by atoms with Crippen LogP contribution in [-0.4, -0.2) is 11.1 Å². The summed E-state index contributed by atoms with van der Waals surface area (Å²) in [6.07, 6.45) is 0. The van der Waals surface area contributed by atoms with Crippen molar-refractivity contribution in [3.63, 3.8) is 0 Å². The normalized spacial score (nSPS) is 9.20. The lowest BCUT2D eigenvalue weighted by molar-refractivity contribution is 0.0698. The zero-order valence-corrected chi connectivity index (χ0v) is 5.16. The van der Waals surface area contributed by atoms with E-state index in [0.717, 1.165) is 0 Å². The highest BCUT2D eigenvalue weighted by molar-refractivity contribution is 5.93. The van der Waals surface area contributed by atoms with E-state index in [9.17, 15) is 4.79 Å². The van der Waals surface area contributed by atoms with Gasteiger partial charge in [0.15, 0.2) is 0 Å². The molecule has 0 atom stereocenters. The van der Waals surface area contributed by atoms with E-state index in [1.165, 1.54) is 12.1 Å². The van der Waals surface area contributed by atoms with Gasteiger partial charge in [0.1, 0.15) is 0 Å². The molecule has 0 bridgehead atoms. The molecule has 0 aliphatic rings. The van der Waals surface area contributed by atoms with E-state index >= 15 is 0 Å². The molecule has 3 N–H and O–H groups in total. The highest BCUT2D eigenvalue weighted by Crippen LogP contribution is 2.08. The fraction of sp³-hybridized carbons (Fsp3) is 0. The number of carboxylic acid groups (broad SMARTS) is 1. The summed E-state index contributed by atoms with van der Waals surface area (Å²) >= 11 is 0. The summed E-state index contributed by atoms with van der Waals surface area (Å²) in [6, 6.07) is 7.04. The summed E-state index contributed by atoms with van der Waals surface area (Å²) in [5.74, 6) is -1.02. The number of hydrogen-bond acceptors (Lipinski definition) is 2. The highest BCUT2D eigenvalue weighted by atomic mass is 16.4. The molecule has 3 heteroatoms. The SMILES string of the molecule is Nc1cc[c]cc1C(=O)O. The van der Waals surface area contributed by atoms with Crippen molar-refractivity contribution in [2.24, 2.45) is 0 Å². The number of rotatable bonds is 1. The van der Waals surface area contributed by atoms with Crippen LogP contribution in [0, 0.1) is 6.07 Å². The van der Waals surface area contributed by atoms with Crippen molar-refractivity contribution in [3.05, 3.63) is 29.8 Å². The monoisotopic (exact) mass is 136 g/mol. The quantitative estimate of drug-likeness (QED) is 0.560. The van der Waals surface area contributed by atoms with Crippen LogP contribution in [0.5, 0.6) is 0 Å². The van der Waals surface area contributed by atoms with Gasteiger partial charge in [-0.3, -0.25) is 0 Å². The number of carbonyl (C=O) groups is 1. The molecule has 0 saturated carbocycles. The third kappa shape index (κ3) is 1.07. The second-order valence-electron chi connectivity index (χ2n) is 1.82. The molecular weight excluding hydrogens is 130 g/mol. The molecule has 3 nitrogen and oxygen atoms in total. The number of nitrogen functional groups attached to an aromatic ring is 1. The van der Waals surface area contributed by atoms with E-state index in [2.05, 4.69) is 6.07 Å². The lowest BCUT2D eigenvalue weighted by Gasteiger charge is -1.96. The largest absolute Gasteiger partial charge is 0.478 e. The molecule has 1 aromatic rings. The predicted molar refractivity (Wildman–Crippen MR) is 36.6 cm³/mol. The maximum Gasteiger partial charge on any atom is 0.337 e. The van der Waals surface area contributed by atoms with Crippen LogP contribution in [0.15, 0.2) is 18.2 Å². The van der Waals surface area contributed by atoms with Gasteiger partial charge in [0.05, 0.1) is 5.56 Å². The van der Waals surface area contributed by atoms with Crippen LogP contribution < -0.4 is 5.73 Å². The molecule has 0 saturated heterocycles. The van der Waals surface area contributed by atoms with Gasteiger partial charge >= 0.3 is 5.97 Å². The van der Waals surface area contributed by atoms with Crippen LogP contribution in [0.3, 0.4) is 0 Å². The van der Waals surface area contributed by atoms with Gasteiger partial charge < -0.3 is 10.8 Å². The summed E-state index contributed by atoms with van der Waals surface area (Å²) in [6.45, 7) is 0. The van der Waals surface area contributed by atoms with Gasteiger partial charge in [-0.05, 0) is 18.2 Å². The number of nitrogens with two attached hydrogens (primary N) is 1. The van der Waals surface area contributed by atoms with Gasteiger partial charge in [-0.25, -0.2) is 4.79 Å². The minimum absolute atomic E-state index is 0.0995. The number of carboxylic acids is 1. The Morgan fingerprint density at radius 3 is 2.80 bits per heavy atom. The van der Waals surface area contributed by atoms with Crippen molar-refractivity contribution in [1.82, 2.24) is 0 Å². The van der Waals surface area contributed by atoms with Crippen LogP contribution in [0.25, 0.3) is 0 Å². The maximum absolute atomic E-state index is 10.3. The Balaban J connectivity index is 3.15. The molecule has 0 unspecified atom stereocenters. The second kappa shape index (κ2) is 2.39. The van der Waals surface area contributed by atoms with E-state index in [1.54, 1.807) is 6.07 Å². The zero-order chi connectivity index (χ0) is 7.56. The first-order chi connectivity index (χ1) is 4.72. The number of aromatic carboxylic acids is 1. The molecule has 0 fully saturated rings. The molecule has 51 valence electrons. The van der Waals surface area contributed by atoms with Gasteiger partial charge in [0, 0.05) is 5.69 Å². The third-order valence-corrected chi connectivity index (χ3v) is 1.13. The fourth-order valence-corrected chi connectivity index (χ4v) is 0.628. The molecule has 1 aromatic carbocycles. The smallest absolute Gasteiger partial charge is 0.337 e. The van der Waals surface area contributed by atoms with E-state index in [0.29, 0.717) is 0 Å². The van der Waals surface area contributed by atoms with E-state index in [-0.39, 0.29) is 11.3 Å².